The molecular formula is C23H26BClF2N2O2. The molecule has 1 atom stereocenters. The summed E-state index contributed by atoms with van der Waals surface area (Å²) in [6.45, 7) is 0.0216. The SMILES string of the molecule is [B]CCCCC(N)(C(=O)O)C1CC(NCc2c(F)cc(-c3ccc(Cl)cc3)cc2F)C1. The second-order valence-corrected chi connectivity index (χ2v) is 8.70. The van der Waals surface area contributed by atoms with E-state index >= 15 is 0 Å². The molecule has 31 heavy (non-hydrogen) atoms. The van der Waals surface area contributed by atoms with E-state index in [1.807, 2.05) is 0 Å². The monoisotopic (exact) mass is 446 g/mol. The maximum Gasteiger partial charge on any atom is 0.323 e. The van der Waals surface area contributed by atoms with Gasteiger partial charge in [-0.15, -0.1) is 0 Å². The first-order chi connectivity index (χ1) is 14.7. The van der Waals surface area contributed by atoms with Crippen LogP contribution >= 0.6 is 11.6 Å². The van der Waals surface area contributed by atoms with Crippen LogP contribution in [-0.2, 0) is 11.3 Å². The molecule has 2 aromatic rings. The molecule has 0 amide bonds. The molecule has 4 N–H and O–H groups in total. The molecule has 0 aliphatic heterocycles. The molecule has 0 aromatic heterocycles. The summed E-state index contributed by atoms with van der Waals surface area (Å²) in [5.74, 6) is -2.45. The highest BCUT2D eigenvalue weighted by molar-refractivity contribution is 6.30. The summed E-state index contributed by atoms with van der Waals surface area (Å²) < 4.78 is 29.2. The molecule has 164 valence electrons. The molecule has 2 aromatic carbocycles. The van der Waals surface area contributed by atoms with E-state index in [0.29, 0.717) is 48.2 Å². The molecule has 1 unspecified atom stereocenters. The van der Waals surface area contributed by atoms with Gasteiger partial charge in [0, 0.05) is 23.2 Å². The van der Waals surface area contributed by atoms with E-state index in [0.717, 1.165) is 6.42 Å². The molecule has 1 saturated carbocycles. The third-order valence-electron chi connectivity index (χ3n) is 6.20. The third-order valence-corrected chi connectivity index (χ3v) is 6.45. The lowest BCUT2D eigenvalue weighted by atomic mass is 9.66. The summed E-state index contributed by atoms with van der Waals surface area (Å²) in [4.78, 5) is 11.7. The zero-order valence-corrected chi connectivity index (χ0v) is 18.0. The van der Waals surface area contributed by atoms with E-state index in [4.69, 9.17) is 25.2 Å². The van der Waals surface area contributed by atoms with Crippen molar-refractivity contribution < 1.29 is 18.7 Å². The molecule has 8 heteroatoms. The van der Waals surface area contributed by atoms with Gasteiger partial charge in [0.1, 0.15) is 17.2 Å². The molecule has 2 radical (unpaired) electrons. The van der Waals surface area contributed by atoms with E-state index in [1.165, 1.54) is 12.1 Å². The van der Waals surface area contributed by atoms with Crippen molar-refractivity contribution in [1.29, 1.82) is 0 Å². The summed E-state index contributed by atoms with van der Waals surface area (Å²) in [7, 11) is 5.48. The smallest absolute Gasteiger partial charge is 0.323 e. The van der Waals surface area contributed by atoms with Gasteiger partial charge in [0.05, 0.1) is 7.85 Å². The minimum absolute atomic E-state index is 0.0216. The predicted octanol–water partition coefficient (Wildman–Crippen LogP) is 4.69. The fourth-order valence-corrected chi connectivity index (χ4v) is 4.21. The summed E-state index contributed by atoms with van der Waals surface area (Å²) >= 11 is 5.86. The van der Waals surface area contributed by atoms with E-state index in [9.17, 15) is 18.7 Å². The van der Waals surface area contributed by atoms with Crippen molar-refractivity contribution in [1.82, 2.24) is 5.32 Å². The van der Waals surface area contributed by atoms with Crippen LogP contribution in [0.15, 0.2) is 36.4 Å². The van der Waals surface area contributed by atoms with E-state index in [-0.39, 0.29) is 24.1 Å². The summed E-state index contributed by atoms with van der Waals surface area (Å²) in [5.41, 5.74) is 5.97. The number of carboxylic acid groups (broad SMARTS) is 1. The maximum absolute atomic E-state index is 14.6. The number of carbonyl (C=O) groups is 1. The van der Waals surface area contributed by atoms with Crippen molar-refractivity contribution in [3.05, 3.63) is 58.6 Å². The Morgan fingerprint density at radius 1 is 1.16 bits per heavy atom. The van der Waals surface area contributed by atoms with Gasteiger partial charge in [-0.1, -0.05) is 42.9 Å². The lowest BCUT2D eigenvalue weighted by Gasteiger charge is -2.45. The van der Waals surface area contributed by atoms with Gasteiger partial charge in [-0.2, -0.15) is 0 Å². The number of nitrogens with one attached hydrogen (secondary N) is 1. The number of benzene rings is 2. The average molecular weight is 447 g/mol. The molecule has 0 spiro atoms. The van der Waals surface area contributed by atoms with E-state index < -0.39 is 23.1 Å². The Morgan fingerprint density at radius 2 is 1.77 bits per heavy atom. The molecule has 1 aliphatic carbocycles. The zero-order valence-electron chi connectivity index (χ0n) is 17.2. The maximum atomic E-state index is 14.6. The van der Waals surface area contributed by atoms with Crippen molar-refractivity contribution in [2.24, 2.45) is 11.7 Å². The van der Waals surface area contributed by atoms with Crippen LogP contribution in [0.25, 0.3) is 11.1 Å². The highest BCUT2D eigenvalue weighted by Crippen LogP contribution is 2.38. The van der Waals surface area contributed by atoms with Gasteiger partial charge in [-0.25, -0.2) is 8.78 Å². The summed E-state index contributed by atoms with van der Waals surface area (Å²) in [5, 5.41) is 13.3. The fourth-order valence-electron chi connectivity index (χ4n) is 4.08. The first-order valence-electron chi connectivity index (χ1n) is 10.4. The first kappa shape index (κ1) is 23.7. The first-order valence-corrected chi connectivity index (χ1v) is 10.8. The van der Waals surface area contributed by atoms with Gasteiger partial charge < -0.3 is 16.2 Å². The number of hydrogen-bond donors (Lipinski definition) is 3. The highest BCUT2D eigenvalue weighted by Gasteiger charge is 2.48. The predicted molar refractivity (Wildman–Crippen MR) is 119 cm³/mol. The van der Waals surface area contributed by atoms with Gasteiger partial charge in [0.15, 0.2) is 0 Å². The molecule has 1 fully saturated rings. The van der Waals surface area contributed by atoms with E-state index in [2.05, 4.69) is 5.32 Å². The normalized spacial score (nSPS) is 20.1. The Bertz CT molecular complexity index is 899. The quantitative estimate of drug-likeness (QED) is 0.365. The Labute approximate surface area is 187 Å². The van der Waals surface area contributed by atoms with Gasteiger partial charge >= 0.3 is 5.97 Å². The molecular weight excluding hydrogens is 421 g/mol. The standard InChI is InChI=1S/C23H26BClF2N2O2/c24-8-2-1-7-23(28,22(30)31)16-11-18(12-16)29-13-19-20(26)9-15(10-21(19)27)14-3-5-17(25)6-4-14/h3-6,9-10,16,18,29H,1-2,7-8,11-13,28H2,(H,30,31). The number of unbranched alkanes of at least 4 members (excludes halogenated alkanes) is 1. The lowest BCUT2D eigenvalue weighted by molar-refractivity contribution is -0.148. The fraction of sp³-hybridized carbons (Fsp3) is 0.435. The Balaban J connectivity index is 1.59. The highest BCUT2D eigenvalue weighted by atomic mass is 35.5. The molecule has 0 saturated heterocycles. The number of aliphatic carboxylic acids is 1. The van der Waals surface area contributed by atoms with Crippen LogP contribution < -0.4 is 11.1 Å². The van der Waals surface area contributed by atoms with Crippen molar-refractivity contribution in [3.8, 4) is 11.1 Å². The number of halogens is 3. The summed E-state index contributed by atoms with van der Waals surface area (Å²) in [6, 6.07) is 9.33. The second-order valence-electron chi connectivity index (χ2n) is 8.26. The van der Waals surface area contributed by atoms with Crippen molar-refractivity contribution in [2.45, 2.75) is 56.5 Å². The van der Waals surface area contributed by atoms with Crippen LogP contribution in [0.4, 0.5) is 8.78 Å². The van der Waals surface area contributed by atoms with E-state index in [1.54, 1.807) is 24.3 Å². The summed E-state index contributed by atoms with van der Waals surface area (Å²) in [6.07, 6.45) is 3.36. The van der Waals surface area contributed by atoms with Crippen LogP contribution in [0.1, 0.15) is 37.7 Å². The topological polar surface area (TPSA) is 75.4 Å². The number of nitrogens with two attached hydrogens (primary N) is 1. The average Bonchev–Trinajstić information content (AvgIpc) is 2.69. The minimum atomic E-state index is -1.29. The number of hydrogen-bond acceptors (Lipinski definition) is 3. The molecule has 1 aliphatic rings. The molecule has 3 rings (SSSR count). The van der Waals surface area contributed by atoms with Gasteiger partial charge in [-0.3, -0.25) is 4.79 Å². The van der Waals surface area contributed by atoms with Crippen LogP contribution in [0.2, 0.25) is 11.3 Å². The van der Waals surface area contributed by atoms with Crippen LogP contribution in [0.3, 0.4) is 0 Å². The van der Waals surface area contributed by atoms with Gasteiger partial charge in [0.25, 0.3) is 0 Å². The Hall–Kier alpha value is -1.96. The molecule has 4 nitrogen and oxygen atoms in total. The van der Waals surface area contributed by atoms with Gasteiger partial charge in [0.2, 0.25) is 0 Å². The zero-order chi connectivity index (χ0) is 22.6. The van der Waals surface area contributed by atoms with Crippen LogP contribution in [0, 0.1) is 17.6 Å². The Morgan fingerprint density at radius 3 is 2.32 bits per heavy atom. The van der Waals surface area contributed by atoms with Crippen LogP contribution in [-0.4, -0.2) is 30.5 Å². The second kappa shape index (κ2) is 10.1. The number of rotatable bonds is 10. The minimum Gasteiger partial charge on any atom is -0.480 e. The molecule has 0 bridgehead atoms. The van der Waals surface area contributed by atoms with Crippen molar-refractivity contribution in [2.75, 3.05) is 0 Å². The lowest BCUT2D eigenvalue weighted by Crippen LogP contribution is -2.61. The van der Waals surface area contributed by atoms with Gasteiger partial charge in [-0.05, 0) is 60.6 Å². The third kappa shape index (κ3) is 5.46. The van der Waals surface area contributed by atoms with Crippen LogP contribution in [0.5, 0.6) is 0 Å². The molecule has 0 heterocycles. The van der Waals surface area contributed by atoms with Crippen molar-refractivity contribution in [3.63, 3.8) is 0 Å². The van der Waals surface area contributed by atoms with Crippen molar-refractivity contribution >= 4 is 25.4 Å². The number of carboxylic acids is 1. The Kier molecular flexibility index (Phi) is 7.73. The largest absolute Gasteiger partial charge is 0.480 e.